The summed E-state index contributed by atoms with van der Waals surface area (Å²) in [5, 5.41) is 0. The molecule has 2 rings (SSSR count). The molecular weight excluding hydrogens is 292 g/mol. The van der Waals surface area contributed by atoms with Crippen LogP contribution in [0.2, 0.25) is 0 Å². The van der Waals surface area contributed by atoms with E-state index in [2.05, 4.69) is 24.7 Å². The predicted octanol–water partition coefficient (Wildman–Crippen LogP) is 1.49. The summed E-state index contributed by atoms with van der Waals surface area (Å²) in [5.74, 6) is 11.6. The minimum Gasteiger partial charge on any atom is -0.616 e. The quantitative estimate of drug-likeness (QED) is 0.544. The van der Waals surface area contributed by atoms with Crippen molar-refractivity contribution in [2.24, 2.45) is 17.8 Å². The standard InChI is InChI=1S/C15H20O3S2/c1-3-13-8-15(18-20(17)11-13)6-4-5-14-7-12(2)9-19(16)10-14/h1,12-15H,6-11H2,2H3. The first-order valence-corrected chi connectivity index (χ1v) is 9.65. The van der Waals surface area contributed by atoms with Gasteiger partial charge in [-0.1, -0.05) is 24.0 Å². The summed E-state index contributed by atoms with van der Waals surface area (Å²) in [6.45, 7) is 2.12. The van der Waals surface area contributed by atoms with Crippen LogP contribution in [-0.4, -0.2) is 32.1 Å². The van der Waals surface area contributed by atoms with Crippen molar-refractivity contribution in [1.29, 1.82) is 0 Å². The molecule has 3 nitrogen and oxygen atoms in total. The fraction of sp³-hybridized carbons (Fsp3) is 0.733. The maximum Gasteiger partial charge on any atom is 0.157 e. The molecular formula is C15H20O3S2. The molecule has 0 aromatic carbocycles. The van der Waals surface area contributed by atoms with Crippen LogP contribution in [0.15, 0.2) is 0 Å². The highest BCUT2D eigenvalue weighted by atomic mass is 32.2. The number of hydrogen-bond acceptors (Lipinski definition) is 3. The Kier molecular flexibility index (Phi) is 5.99. The number of terminal acetylenes is 1. The summed E-state index contributed by atoms with van der Waals surface area (Å²) in [6, 6.07) is 0. The molecule has 2 saturated heterocycles. The Morgan fingerprint density at radius 1 is 1.40 bits per heavy atom. The molecule has 0 saturated carbocycles. The van der Waals surface area contributed by atoms with Gasteiger partial charge in [0.1, 0.15) is 11.5 Å². The lowest BCUT2D eigenvalue weighted by Gasteiger charge is -2.26. The molecule has 0 N–H and O–H groups in total. The van der Waals surface area contributed by atoms with Crippen LogP contribution in [0.1, 0.15) is 26.2 Å². The van der Waals surface area contributed by atoms with Crippen molar-refractivity contribution in [2.45, 2.75) is 32.3 Å². The average molecular weight is 312 g/mol. The van der Waals surface area contributed by atoms with E-state index < -0.39 is 22.3 Å². The molecule has 0 spiro atoms. The highest BCUT2D eigenvalue weighted by Crippen LogP contribution is 2.23. The van der Waals surface area contributed by atoms with E-state index in [0.29, 0.717) is 23.8 Å². The van der Waals surface area contributed by atoms with Gasteiger partial charge in [-0.15, -0.1) is 18.3 Å². The maximum atomic E-state index is 11.6. The van der Waals surface area contributed by atoms with E-state index in [9.17, 15) is 8.76 Å². The molecule has 0 radical (unpaired) electrons. The van der Waals surface area contributed by atoms with Gasteiger partial charge in [0.05, 0.1) is 17.8 Å². The zero-order chi connectivity index (χ0) is 14.5. The summed E-state index contributed by atoms with van der Waals surface area (Å²) in [6.07, 6.45) is 7.56. The van der Waals surface area contributed by atoms with Crippen LogP contribution >= 0.6 is 0 Å². The summed E-state index contributed by atoms with van der Waals surface area (Å²) >= 11 is -2.01. The monoisotopic (exact) mass is 312 g/mol. The largest absolute Gasteiger partial charge is 0.616 e. The van der Waals surface area contributed by atoms with Crippen molar-refractivity contribution in [3.05, 3.63) is 0 Å². The summed E-state index contributed by atoms with van der Waals surface area (Å²) in [7, 11) is 0. The van der Waals surface area contributed by atoms with Crippen LogP contribution < -0.4 is 0 Å². The first kappa shape index (κ1) is 15.9. The lowest BCUT2D eigenvalue weighted by atomic mass is 9.97. The lowest BCUT2D eigenvalue weighted by Crippen LogP contribution is -2.30. The third kappa shape index (κ3) is 4.82. The van der Waals surface area contributed by atoms with Gasteiger partial charge in [-0.2, -0.15) is 0 Å². The van der Waals surface area contributed by atoms with Crippen LogP contribution in [0.5, 0.6) is 0 Å². The van der Waals surface area contributed by atoms with Crippen LogP contribution in [0.25, 0.3) is 0 Å². The Hall–Kier alpha value is -0.460. The van der Waals surface area contributed by atoms with Crippen molar-refractivity contribution < 1.29 is 12.9 Å². The molecule has 2 aliphatic rings. The first-order chi connectivity index (χ1) is 9.56. The van der Waals surface area contributed by atoms with E-state index in [1.807, 2.05) is 0 Å². The molecule has 6 unspecified atom stereocenters. The van der Waals surface area contributed by atoms with Gasteiger partial charge in [-0.3, -0.25) is 4.18 Å². The average Bonchev–Trinajstić information content (AvgIpc) is 2.37. The molecule has 110 valence electrons. The fourth-order valence-electron chi connectivity index (χ4n) is 2.66. The van der Waals surface area contributed by atoms with Gasteiger partial charge in [0.15, 0.2) is 11.1 Å². The summed E-state index contributed by atoms with van der Waals surface area (Å²) in [4.78, 5) is 0. The van der Waals surface area contributed by atoms with E-state index in [4.69, 9.17) is 10.6 Å². The van der Waals surface area contributed by atoms with Crippen LogP contribution in [0.3, 0.4) is 0 Å². The number of rotatable bonds is 1. The van der Waals surface area contributed by atoms with Crippen molar-refractivity contribution >= 4 is 22.3 Å². The zero-order valence-electron chi connectivity index (χ0n) is 11.7. The predicted molar refractivity (Wildman–Crippen MR) is 82.4 cm³/mol. The molecule has 2 fully saturated rings. The van der Waals surface area contributed by atoms with Crippen molar-refractivity contribution in [1.82, 2.24) is 0 Å². The van der Waals surface area contributed by atoms with Gasteiger partial charge in [-0.25, -0.2) is 4.21 Å². The summed E-state index contributed by atoms with van der Waals surface area (Å²) < 4.78 is 28.5. The van der Waals surface area contributed by atoms with E-state index in [0.717, 1.165) is 18.6 Å². The van der Waals surface area contributed by atoms with Crippen LogP contribution in [0, 0.1) is 41.9 Å². The lowest BCUT2D eigenvalue weighted by molar-refractivity contribution is 0.190. The topological polar surface area (TPSA) is 49.4 Å². The van der Waals surface area contributed by atoms with Gasteiger partial charge in [0.2, 0.25) is 0 Å². The number of hydrogen-bond donors (Lipinski definition) is 0. The van der Waals surface area contributed by atoms with E-state index >= 15 is 0 Å². The fourth-order valence-corrected chi connectivity index (χ4v) is 5.33. The van der Waals surface area contributed by atoms with E-state index in [1.165, 1.54) is 0 Å². The molecule has 6 atom stereocenters. The SMILES string of the molecule is C#CC1CC(CC#CC2CC(C)C[S+]([O-])C2)OS(=O)C1. The van der Waals surface area contributed by atoms with Gasteiger partial charge >= 0.3 is 0 Å². The minimum atomic E-state index is -1.28. The van der Waals surface area contributed by atoms with Gasteiger partial charge in [0, 0.05) is 18.3 Å². The van der Waals surface area contributed by atoms with Gasteiger partial charge in [0.25, 0.3) is 0 Å². The Morgan fingerprint density at radius 3 is 2.90 bits per heavy atom. The van der Waals surface area contributed by atoms with E-state index in [1.54, 1.807) is 0 Å². The second-order valence-electron chi connectivity index (χ2n) is 5.62. The third-order valence-electron chi connectivity index (χ3n) is 3.54. The summed E-state index contributed by atoms with van der Waals surface area (Å²) in [5.41, 5.74) is 0. The molecule has 0 aliphatic carbocycles. The molecule has 2 aliphatic heterocycles. The first-order valence-electron chi connectivity index (χ1n) is 6.91. The van der Waals surface area contributed by atoms with Crippen LogP contribution in [0.4, 0.5) is 0 Å². The van der Waals surface area contributed by atoms with Crippen molar-refractivity contribution in [3.8, 4) is 24.2 Å². The maximum absolute atomic E-state index is 11.6. The zero-order valence-corrected chi connectivity index (χ0v) is 13.3. The van der Waals surface area contributed by atoms with Crippen molar-refractivity contribution in [3.63, 3.8) is 0 Å². The Bertz CT molecular complexity index is 450. The molecule has 5 heteroatoms. The second kappa shape index (κ2) is 7.52. The third-order valence-corrected chi connectivity index (χ3v) is 6.42. The van der Waals surface area contributed by atoms with Gasteiger partial charge in [-0.05, 0) is 12.8 Å². The molecule has 0 aromatic heterocycles. The highest BCUT2D eigenvalue weighted by Gasteiger charge is 2.27. The smallest absolute Gasteiger partial charge is 0.157 e. The van der Waals surface area contributed by atoms with Crippen LogP contribution in [-0.2, 0) is 26.4 Å². The Morgan fingerprint density at radius 2 is 2.20 bits per heavy atom. The van der Waals surface area contributed by atoms with Crippen molar-refractivity contribution in [2.75, 3.05) is 17.3 Å². The molecule has 0 amide bonds. The highest BCUT2D eigenvalue weighted by molar-refractivity contribution is 7.91. The molecule has 0 aromatic rings. The Labute approximate surface area is 127 Å². The normalized spacial score (nSPS) is 41.2. The van der Waals surface area contributed by atoms with Gasteiger partial charge < -0.3 is 4.55 Å². The Balaban J connectivity index is 1.84. The second-order valence-corrected chi connectivity index (χ2v) is 8.30. The minimum absolute atomic E-state index is 0.0265. The van der Waals surface area contributed by atoms with E-state index in [-0.39, 0.29) is 17.9 Å². The molecule has 2 heterocycles. The molecule has 20 heavy (non-hydrogen) atoms. The molecule has 0 bridgehead atoms.